The minimum Gasteiger partial charge on any atom is -0.466 e. The van der Waals surface area contributed by atoms with Crippen LogP contribution in [0.4, 0.5) is 0 Å². The van der Waals surface area contributed by atoms with Gasteiger partial charge in [0.15, 0.2) is 0 Å². The van der Waals surface area contributed by atoms with E-state index in [0.29, 0.717) is 13.0 Å². The molecule has 0 saturated carbocycles. The van der Waals surface area contributed by atoms with E-state index in [2.05, 4.69) is 31.3 Å². The summed E-state index contributed by atoms with van der Waals surface area (Å²) in [5.74, 6) is -0.251. The summed E-state index contributed by atoms with van der Waals surface area (Å²) >= 11 is 0. The van der Waals surface area contributed by atoms with Crippen molar-refractivity contribution in [1.29, 1.82) is 0 Å². The Bertz CT molecular complexity index is 997. The monoisotopic (exact) mass is 463 g/mol. The molecule has 0 bridgehead atoms. The van der Waals surface area contributed by atoms with Crippen molar-refractivity contribution in [3.05, 3.63) is 96.6 Å². The van der Waals surface area contributed by atoms with Crippen LogP contribution in [-0.2, 0) is 14.1 Å². The minimum atomic E-state index is -3.08. The Hall–Kier alpha value is -2.68. The molecule has 3 rings (SSSR count). The predicted molar refractivity (Wildman–Crippen MR) is 137 cm³/mol. The second-order valence-corrected chi connectivity index (χ2v) is 11.3. The van der Waals surface area contributed by atoms with Crippen LogP contribution in [0.3, 0.4) is 0 Å². The van der Waals surface area contributed by atoms with E-state index in [0.717, 1.165) is 10.6 Å². The van der Waals surface area contributed by atoms with Gasteiger partial charge in [0, 0.05) is 34.8 Å². The molecule has 0 amide bonds. The SMILES string of the molecule is CCOC(=O)CCC(C(C)N[C@@H](C)c1ccccc1)P(=O)(c1ccccc1)c1ccccc1. The fraction of sp³-hybridized carbons (Fsp3) is 0.321. The molecule has 2 unspecified atom stereocenters. The molecule has 3 aromatic rings. The third kappa shape index (κ3) is 6.22. The van der Waals surface area contributed by atoms with Crippen molar-refractivity contribution in [2.24, 2.45) is 0 Å². The van der Waals surface area contributed by atoms with Gasteiger partial charge in [-0.05, 0) is 32.8 Å². The van der Waals surface area contributed by atoms with Crippen molar-refractivity contribution in [2.75, 3.05) is 6.61 Å². The summed E-state index contributed by atoms with van der Waals surface area (Å²) in [5.41, 5.74) is 0.889. The summed E-state index contributed by atoms with van der Waals surface area (Å²) in [7, 11) is -3.08. The van der Waals surface area contributed by atoms with E-state index in [9.17, 15) is 4.79 Å². The van der Waals surface area contributed by atoms with E-state index in [4.69, 9.17) is 4.74 Å². The molecule has 0 aromatic heterocycles. The van der Waals surface area contributed by atoms with Crippen LogP contribution < -0.4 is 15.9 Å². The van der Waals surface area contributed by atoms with E-state index in [1.54, 1.807) is 6.92 Å². The zero-order chi connectivity index (χ0) is 23.7. The first-order chi connectivity index (χ1) is 16.0. The fourth-order valence-corrected chi connectivity index (χ4v) is 7.92. The maximum atomic E-state index is 15.1. The molecule has 0 radical (unpaired) electrons. The van der Waals surface area contributed by atoms with Gasteiger partial charge in [0.2, 0.25) is 0 Å². The number of benzene rings is 3. The summed E-state index contributed by atoms with van der Waals surface area (Å²) < 4.78 is 20.3. The third-order valence-corrected chi connectivity index (χ3v) is 9.86. The molecule has 174 valence electrons. The number of hydrogen-bond donors (Lipinski definition) is 1. The Balaban J connectivity index is 2.01. The highest BCUT2D eigenvalue weighted by atomic mass is 31.2. The maximum Gasteiger partial charge on any atom is 0.305 e. The molecule has 0 fully saturated rings. The molecule has 0 saturated heterocycles. The fourth-order valence-electron chi connectivity index (χ4n) is 4.42. The lowest BCUT2D eigenvalue weighted by Crippen LogP contribution is -2.43. The number of hydrogen-bond acceptors (Lipinski definition) is 4. The minimum absolute atomic E-state index is 0.0753. The van der Waals surface area contributed by atoms with E-state index in [1.807, 2.05) is 78.9 Å². The molecule has 0 aliphatic rings. The number of esters is 1. The van der Waals surface area contributed by atoms with Gasteiger partial charge in [-0.25, -0.2) is 0 Å². The van der Waals surface area contributed by atoms with Gasteiger partial charge in [0.25, 0.3) is 0 Å². The van der Waals surface area contributed by atoms with Crippen LogP contribution in [0.15, 0.2) is 91.0 Å². The first-order valence-electron chi connectivity index (χ1n) is 11.6. The van der Waals surface area contributed by atoms with Crippen LogP contribution in [0.1, 0.15) is 45.2 Å². The lowest BCUT2D eigenvalue weighted by Gasteiger charge is -2.35. The highest BCUT2D eigenvalue weighted by Gasteiger charge is 2.40. The highest BCUT2D eigenvalue weighted by molar-refractivity contribution is 7.79. The molecular weight excluding hydrogens is 429 g/mol. The van der Waals surface area contributed by atoms with Crippen molar-refractivity contribution in [3.8, 4) is 0 Å². The number of carbonyl (C=O) groups excluding carboxylic acids is 1. The van der Waals surface area contributed by atoms with E-state index >= 15 is 4.57 Å². The summed E-state index contributed by atoms with van der Waals surface area (Å²) in [6.45, 7) is 6.34. The third-order valence-electron chi connectivity index (χ3n) is 6.09. The van der Waals surface area contributed by atoms with Gasteiger partial charge in [-0.3, -0.25) is 4.79 Å². The van der Waals surface area contributed by atoms with Crippen LogP contribution in [0.25, 0.3) is 0 Å². The van der Waals surface area contributed by atoms with Gasteiger partial charge < -0.3 is 14.6 Å². The molecule has 3 aromatic carbocycles. The van der Waals surface area contributed by atoms with Crippen molar-refractivity contribution in [3.63, 3.8) is 0 Å². The van der Waals surface area contributed by atoms with E-state index in [-0.39, 0.29) is 30.1 Å². The predicted octanol–water partition coefficient (Wildman–Crippen LogP) is 5.45. The molecule has 1 N–H and O–H groups in total. The maximum absolute atomic E-state index is 15.1. The molecule has 0 spiro atoms. The normalized spacial score (nSPS) is 14.3. The van der Waals surface area contributed by atoms with Crippen LogP contribution in [0.5, 0.6) is 0 Å². The van der Waals surface area contributed by atoms with Gasteiger partial charge in [0.1, 0.15) is 7.14 Å². The molecule has 5 heteroatoms. The van der Waals surface area contributed by atoms with Crippen molar-refractivity contribution in [2.45, 2.75) is 51.4 Å². The standard InChI is InChI=1S/C28H34NO3P/c1-4-32-28(30)21-20-27(23(3)29-22(2)24-14-8-5-9-15-24)33(31,25-16-10-6-11-17-25)26-18-12-7-13-19-26/h5-19,22-23,27,29H,4,20-21H2,1-3H3/t22-,23?,27?/m0/s1. The van der Waals surface area contributed by atoms with Crippen LogP contribution in [0.2, 0.25) is 0 Å². The Kier molecular flexibility index (Phi) is 9.05. The summed E-state index contributed by atoms with van der Waals surface area (Å²) in [5, 5.41) is 5.30. The average Bonchev–Trinajstić information content (AvgIpc) is 2.85. The van der Waals surface area contributed by atoms with Gasteiger partial charge in [-0.1, -0.05) is 91.0 Å². The Labute approximate surface area is 197 Å². The Morgan fingerprint density at radius 3 is 1.82 bits per heavy atom. The number of carbonyl (C=O) groups is 1. The lowest BCUT2D eigenvalue weighted by molar-refractivity contribution is -0.143. The smallest absolute Gasteiger partial charge is 0.305 e. The van der Waals surface area contributed by atoms with E-state index < -0.39 is 7.14 Å². The van der Waals surface area contributed by atoms with Gasteiger partial charge in [-0.2, -0.15) is 0 Å². The summed E-state index contributed by atoms with van der Waals surface area (Å²) in [6, 6.07) is 29.5. The first kappa shape index (κ1) is 25.0. The molecule has 0 heterocycles. The number of ether oxygens (including phenoxy) is 1. The summed E-state index contributed by atoms with van der Waals surface area (Å²) in [6.07, 6.45) is 0.698. The number of nitrogens with one attached hydrogen (secondary N) is 1. The molecule has 0 aliphatic carbocycles. The average molecular weight is 464 g/mol. The molecule has 4 nitrogen and oxygen atoms in total. The zero-order valence-corrected chi connectivity index (χ0v) is 20.6. The van der Waals surface area contributed by atoms with E-state index in [1.165, 1.54) is 5.56 Å². The van der Waals surface area contributed by atoms with Crippen LogP contribution in [-0.4, -0.2) is 24.3 Å². The van der Waals surface area contributed by atoms with Gasteiger partial charge in [-0.15, -0.1) is 0 Å². The lowest BCUT2D eigenvalue weighted by atomic mass is 10.1. The molecule has 33 heavy (non-hydrogen) atoms. The largest absolute Gasteiger partial charge is 0.466 e. The summed E-state index contributed by atoms with van der Waals surface area (Å²) in [4.78, 5) is 12.3. The quantitative estimate of drug-likeness (QED) is 0.303. The van der Waals surface area contributed by atoms with Crippen LogP contribution in [0, 0.1) is 0 Å². The highest BCUT2D eigenvalue weighted by Crippen LogP contribution is 2.52. The Morgan fingerprint density at radius 1 is 0.848 bits per heavy atom. The Morgan fingerprint density at radius 2 is 1.33 bits per heavy atom. The first-order valence-corrected chi connectivity index (χ1v) is 13.4. The molecule has 0 aliphatic heterocycles. The van der Waals surface area contributed by atoms with Gasteiger partial charge in [0.05, 0.1) is 6.61 Å². The second-order valence-electron chi connectivity index (χ2n) is 8.33. The molecular formula is C28H34NO3P. The van der Waals surface area contributed by atoms with Crippen LogP contribution >= 0.6 is 7.14 Å². The topological polar surface area (TPSA) is 55.4 Å². The second kappa shape index (κ2) is 12.0. The van der Waals surface area contributed by atoms with Gasteiger partial charge >= 0.3 is 5.97 Å². The molecule has 3 atom stereocenters. The van der Waals surface area contributed by atoms with Crippen molar-refractivity contribution in [1.82, 2.24) is 5.32 Å². The number of rotatable bonds is 11. The zero-order valence-electron chi connectivity index (χ0n) is 19.7. The van der Waals surface area contributed by atoms with Crippen molar-refractivity contribution >= 4 is 23.7 Å². The van der Waals surface area contributed by atoms with Crippen molar-refractivity contribution < 1.29 is 14.1 Å².